The van der Waals surface area contributed by atoms with E-state index in [1.165, 1.54) is 32.2 Å². The standard InChI is InChI=1S/C21H32N4OS/c1-2-18-9-3-4-13-24(18)14-7-12-22-21(27)23-17-8-5-10-19(16-17)25-15-6-11-20(25)26/h5,8,10,16,18H,2-4,6-7,9,11-15H2,1H3,(H2,22,23,27). The molecule has 1 aromatic rings. The van der Waals surface area contributed by atoms with Gasteiger partial charge in [-0.05, 0) is 69.1 Å². The first-order valence-corrected chi connectivity index (χ1v) is 10.8. The van der Waals surface area contributed by atoms with Gasteiger partial charge in [0.15, 0.2) is 5.11 Å². The molecule has 0 aliphatic carbocycles. The van der Waals surface area contributed by atoms with Crippen LogP contribution in [0.25, 0.3) is 0 Å². The first-order valence-electron chi connectivity index (χ1n) is 10.4. The summed E-state index contributed by atoms with van der Waals surface area (Å²) in [6.07, 6.45) is 7.99. The van der Waals surface area contributed by atoms with Crippen molar-refractivity contribution in [3.05, 3.63) is 24.3 Å². The number of hydrogen-bond donors (Lipinski definition) is 2. The summed E-state index contributed by atoms with van der Waals surface area (Å²) in [4.78, 5) is 16.4. The number of benzene rings is 1. The third-order valence-corrected chi connectivity index (χ3v) is 5.86. The largest absolute Gasteiger partial charge is 0.362 e. The van der Waals surface area contributed by atoms with Gasteiger partial charge in [-0.25, -0.2) is 0 Å². The van der Waals surface area contributed by atoms with E-state index in [-0.39, 0.29) is 5.91 Å². The number of carbonyl (C=O) groups excluding carboxylic acids is 1. The molecule has 0 saturated carbocycles. The van der Waals surface area contributed by atoms with Crippen LogP contribution in [0.1, 0.15) is 51.9 Å². The number of thiocarbonyl (C=S) groups is 1. The smallest absolute Gasteiger partial charge is 0.227 e. The van der Waals surface area contributed by atoms with E-state index in [2.05, 4.69) is 22.5 Å². The molecule has 1 unspecified atom stereocenters. The Morgan fingerprint density at radius 1 is 1.26 bits per heavy atom. The maximum Gasteiger partial charge on any atom is 0.227 e. The Balaban J connectivity index is 1.41. The predicted octanol–water partition coefficient (Wildman–Crippen LogP) is 3.75. The van der Waals surface area contributed by atoms with E-state index in [1.807, 2.05) is 29.2 Å². The Morgan fingerprint density at radius 2 is 2.15 bits per heavy atom. The minimum atomic E-state index is 0.205. The second kappa shape index (κ2) is 10.0. The SMILES string of the molecule is CCC1CCCCN1CCCNC(=S)Nc1cccc(N2CCCC2=O)c1. The fourth-order valence-corrected chi connectivity index (χ4v) is 4.37. The molecule has 2 aliphatic rings. The lowest BCUT2D eigenvalue weighted by atomic mass is 10.00. The molecule has 2 saturated heterocycles. The van der Waals surface area contributed by atoms with Gasteiger partial charge in [0.25, 0.3) is 0 Å². The molecule has 0 bridgehead atoms. The van der Waals surface area contributed by atoms with E-state index >= 15 is 0 Å². The fraction of sp³-hybridized carbons (Fsp3) is 0.619. The maximum absolute atomic E-state index is 11.9. The average molecular weight is 389 g/mol. The van der Waals surface area contributed by atoms with Crippen LogP contribution >= 0.6 is 12.2 Å². The number of carbonyl (C=O) groups is 1. The Labute approximate surface area is 168 Å². The molecule has 148 valence electrons. The quantitative estimate of drug-likeness (QED) is 0.550. The van der Waals surface area contributed by atoms with Crippen LogP contribution in [-0.4, -0.2) is 48.1 Å². The number of amides is 1. The average Bonchev–Trinajstić information content (AvgIpc) is 3.11. The molecule has 1 amide bonds. The molecular weight excluding hydrogens is 356 g/mol. The van der Waals surface area contributed by atoms with Gasteiger partial charge in [-0.1, -0.05) is 19.4 Å². The van der Waals surface area contributed by atoms with Crippen molar-refractivity contribution in [3.63, 3.8) is 0 Å². The lowest BCUT2D eigenvalue weighted by Gasteiger charge is -2.35. The summed E-state index contributed by atoms with van der Waals surface area (Å²) < 4.78 is 0. The molecule has 0 radical (unpaired) electrons. The molecule has 1 atom stereocenters. The van der Waals surface area contributed by atoms with Gasteiger partial charge in [-0.15, -0.1) is 0 Å². The number of piperidine rings is 1. The highest BCUT2D eigenvalue weighted by atomic mass is 32.1. The molecule has 1 aromatic carbocycles. The van der Waals surface area contributed by atoms with Crippen LogP contribution in [0, 0.1) is 0 Å². The van der Waals surface area contributed by atoms with Crippen molar-refractivity contribution in [1.29, 1.82) is 0 Å². The van der Waals surface area contributed by atoms with Gasteiger partial charge >= 0.3 is 0 Å². The summed E-state index contributed by atoms with van der Waals surface area (Å²) in [7, 11) is 0. The minimum absolute atomic E-state index is 0.205. The first kappa shape index (κ1) is 20.1. The Bertz CT molecular complexity index is 651. The van der Waals surface area contributed by atoms with Gasteiger partial charge in [0.1, 0.15) is 0 Å². The topological polar surface area (TPSA) is 47.6 Å². The Kier molecular flexibility index (Phi) is 7.47. The number of anilines is 2. The molecule has 27 heavy (non-hydrogen) atoms. The van der Waals surface area contributed by atoms with Crippen molar-refractivity contribution < 1.29 is 4.79 Å². The van der Waals surface area contributed by atoms with Crippen LogP contribution in [0.2, 0.25) is 0 Å². The molecule has 2 fully saturated rings. The summed E-state index contributed by atoms with van der Waals surface area (Å²) >= 11 is 5.44. The van der Waals surface area contributed by atoms with Crippen LogP contribution in [0.3, 0.4) is 0 Å². The van der Waals surface area contributed by atoms with E-state index < -0.39 is 0 Å². The summed E-state index contributed by atoms with van der Waals surface area (Å²) in [5.41, 5.74) is 1.87. The maximum atomic E-state index is 11.9. The molecule has 6 heteroatoms. The number of nitrogens with zero attached hydrogens (tertiary/aromatic N) is 2. The molecular formula is C21H32N4OS. The third-order valence-electron chi connectivity index (χ3n) is 5.62. The van der Waals surface area contributed by atoms with Gasteiger partial charge in [0.05, 0.1) is 0 Å². The number of likely N-dealkylation sites (tertiary alicyclic amines) is 1. The zero-order valence-corrected chi connectivity index (χ0v) is 17.2. The van der Waals surface area contributed by atoms with E-state index in [4.69, 9.17) is 12.2 Å². The van der Waals surface area contributed by atoms with Crippen LogP contribution in [-0.2, 0) is 4.79 Å². The molecule has 3 rings (SSSR count). The highest BCUT2D eigenvalue weighted by Gasteiger charge is 2.22. The van der Waals surface area contributed by atoms with E-state index in [0.717, 1.165) is 49.9 Å². The third kappa shape index (κ3) is 5.66. The van der Waals surface area contributed by atoms with Crippen LogP contribution in [0.4, 0.5) is 11.4 Å². The highest BCUT2D eigenvalue weighted by molar-refractivity contribution is 7.80. The predicted molar refractivity (Wildman–Crippen MR) is 116 cm³/mol. The number of hydrogen-bond acceptors (Lipinski definition) is 3. The van der Waals surface area contributed by atoms with Crippen molar-refractivity contribution in [1.82, 2.24) is 10.2 Å². The van der Waals surface area contributed by atoms with Gasteiger partial charge in [0, 0.05) is 43.5 Å². The van der Waals surface area contributed by atoms with Crippen molar-refractivity contribution in [3.8, 4) is 0 Å². The Morgan fingerprint density at radius 3 is 2.93 bits per heavy atom. The van der Waals surface area contributed by atoms with Crippen molar-refractivity contribution in [2.45, 2.75) is 57.9 Å². The first-order chi connectivity index (χ1) is 13.2. The van der Waals surface area contributed by atoms with Gasteiger partial charge in [-0.3, -0.25) is 4.79 Å². The van der Waals surface area contributed by atoms with Gasteiger partial charge in [-0.2, -0.15) is 0 Å². The zero-order chi connectivity index (χ0) is 19.1. The summed E-state index contributed by atoms with van der Waals surface area (Å²) in [6.45, 7) is 6.36. The fourth-order valence-electron chi connectivity index (χ4n) is 4.15. The molecule has 2 heterocycles. The monoisotopic (exact) mass is 388 g/mol. The number of nitrogens with one attached hydrogen (secondary N) is 2. The van der Waals surface area contributed by atoms with Crippen molar-refractivity contribution in [2.24, 2.45) is 0 Å². The van der Waals surface area contributed by atoms with E-state index in [0.29, 0.717) is 11.5 Å². The van der Waals surface area contributed by atoms with E-state index in [9.17, 15) is 4.79 Å². The molecule has 0 spiro atoms. The van der Waals surface area contributed by atoms with E-state index in [1.54, 1.807) is 0 Å². The summed E-state index contributed by atoms with van der Waals surface area (Å²) in [5.74, 6) is 0.205. The lowest BCUT2D eigenvalue weighted by Crippen LogP contribution is -2.40. The summed E-state index contributed by atoms with van der Waals surface area (Å²) in [5, 5.41) is 7.21. The van der Waals surface area contributed by atoms with Gasteiger partial charge in [0.2, 0.25) is 5.91 Å². The Hall–Kier alpha value is -1.66. The zero-order valence-electron chi connectivity index (χ0n) is 16.4. The molecule has 0 aromatic heterocycles. The minimum Gasteiger partial charge on any atom is -0.362 e. The second-order valence-electron chi connectivity index (χ2n) is 7.53. The molecule has 5 nitrogen and oxygen atoms in total. The van der Waals surface area contributed by atoms with Crippen LogP contribution < -0.4 is 15.5 Å². The lowest BCUT2D eigenvalue weighted by molar-refractivity contribution is -0.117. The number of rotatable bonds is 7. The molecule has 2 N–H and O–H groups in total. The normalized spacial score (nSPS) is 20.7. The van der Waals surface area contributed by atoms with Crippen LogP contribution in [0.5, 0.6) is 0 Å². The van der Waals surface area contributed by atoms with Crippen molar-refractivity contribution >= 4 is 34.6 Å². The molecule has 2 aliphatic heterocycles. The highest BCUT2D eigenvalue weighted by Crippen LogP contribution is 2.24. The summed E-state index contributed by atoms with van der Waals surface area (Å²) in [6, 6.07) is 8.69. The van der Waals surface area contributed by atoms with Crippen molar-refractivity contribution in [2.75, 3.05) is 36.4 Å². The van der Waals surface area contributed by atoms with Crippen LogP contribution in [0.15, 0.2) is 24.3 Å². The second-order valence-corrected chi connectivity index (χ2v) is 7.94. The van der Waals surface area contributed by atoms with Gasteiger partial charge < -0.3 is 20.4 Å².